The van der Waals surface area contributed by atoms with Gasteiger partial charge in [0, 0.05) is 17.5 Å². The van der Waals surface area contributed by atoms with Gasteiger partial charge in [-0.3, -0.25) is 4.79 Å². The summed E-state index contributed by atoms with van der Waals surface area (Å²) in [5, 5.41) is 0.627. The maximum Gasteiger partial charge on any atom is 0.338 e. The van der Waals surface area contributed by atoms with Crippen LogP contribution in [0.25, 0.3) is 0 Å². The standard InChI is InChI=1S/C19H24N2O3S/c1-4-5-6-16-11-17(22)21-19(20-16)25-12-14-7-9-15(10-8-14)18(23)24-13(2)3/h7-11,13H,4-6,12H2,1-3H3,(H,20,21,22). The van der Waals surface area contributed by atoms with Crippen molar-refractivity contribution in [2.75, 3.05) is 0 Å². The summed E-state index contributed by atoms with van der Waals surface area (Å²) in [4.78, 5) is 30.8. The second-order valence-corrected chi connectivity index (χ2v) is 7.05. The summed E-state index contributed by atoms with van der Waals surface area (Å²) < 4.78 is 5.17. The topological polar surface area (TPSA) is 72.0 Å². The smallest absolute Gasteiger partial charge is 0.338 e. The first-order chi connectivity index (χ1) is 12.0. The summed E-state index contributed by atoms with van der Waals surface area (Å²) in [5.41, 5.74) is 2.30. The molecule has 1 heterocycles. The molecule has 0 aliphatic heterocycles. The highest BCUT2D eigenvalue weighted by Crippen LogP contribution is 2.19. The first-order valence-corrected chi connectivity index (χ1v) is 9.49. The molecule has 0 saturated heterocycles. The van der Waals surface area contributed by atoms with Gasteiger partial charge >= 0.3 is 5.97 Å². The zero-order valence-electron chi connectivity index (χ0n) is 14.9. The van der Waals surface area contributed by atoms with Gasteiger partial charge in [-0.1, -0.05) is 37.2 Å². The third-order valence-electron chi connectivity index (χ3n) is 3.47. The van der Waals surface area contributed by atoms with Crippen molar-refractivity contribution in [3.63, 3.8) is 0 Å². The number of nitrogens with one attached hydrogen (secondary N) is 1. The predicted molar refractivity (Wildman–Crippen MR) is 100 cm³/mol. The number of unbranched alkanes of at least 4 members (excludes halogenated alkanes) is 1. The van der Waals surface area contributed by atoms with Crippen molar-refractivity contribution < 1.29 is 9.53 Å². The fourth-order valence-electron chi connectivity index (χ4n) is 2.21. The quantitative estimate of drug-likeness (QED) is 0.438. The Bertz CT molecular complexity index is 754. The van der Waals surface area contributed by atoms with Crippen molar-refractivity contribution in [2.24, 2.45) is 0 Å². The summed E-state index contributed by atoms with van der Waals surface area (Å²) >= 11 is 1.48. The second kappa shape index (κ2) is 9.42. The molecular weight excluding hydrogens is 336 g/mol. The molecular formula is C19H24N2O3S. The number of carbonyl (C=O) groups is 1. The minimum absolute atomic E-state index is 0.115. The number of carbonyl (C=O) groups excluding carboxylic acids is 1. The van der Waals surface area contributed by atoms with E-state index in [9.17, 15) is 9.59 Å². The van der Waals surface area contributed by atoms with Crippen LogP contribution in [0.15, 0.2) is 40.3 Å². The Morgan fingerprint density at radius 1 is 1.28 bits per heavy atom. The van der Waals surface area contributed by atoms with E-state index in [0.717, 1.165) is 30.5 Å². The lowest BCUT2D eigenvalue weighted by molar-refractivity contribution is 0.0378. The minimum atomic E-state index is -0.316. The first kappa shape index (κ1) is 19.2. The van der Waals surface area contributed by atoms with E-state index >= 15 is 0 Å². The molecule has 25 heavy (non-hydrogen) atoms. The van der Waals surface area contributed by atoms with Crippen molar-refractivity contribution >= 4 is 17.7 Å². The number of rotatable bonds is 8. The molecule has 0 fully saturated rings. The summed E-state index contributed by atoms with van der Waals surface area (Å²) in [6.07, 6.45) is 2.78. The van der Waals surface area contributed by atoms with Crippen LogP contribution in [0, 0.1) is 0 Å². The minimum Gasteiger partial charge on any atom is -0.459 e. The lowest BCUT2D eigenvalue weighted by Gasteiger charge is -2.08. The highest BCUT2D eigenvalue weighted by Gasteiger charge is 2.09. The maximum atomic E-state index is 11.8. The Hall–Kier alpha value is -2.08. The fraction of sp³-hybridized carbons (Fsp3) is 0.421. The van der Waals surface area contributed by atoms with Crippen LogP contribution in [0.4, 0.5) is 0 Å². The van der Waals surface area contributed by atoms with Crippen LogP contribution < -0.4 is 5.56 Å². The van der Waals surface area contributed by atoms with E-state index in [2.05, 4.69) is 16.9 Å². The Balaban J connectivity index is 1.98. The number of nitrogens with zero attached hydrogens (tertiary/aromatic N) is 1. The Labute approximate surface area is 152 Å². The zero-order chi connectivity index (χ0) is 18.2. The van der Waals surface area contributed by atoms with E-state index in [1.807, 2.05) is 26.0 Å². The van der Waals surface area contributed by atoms with Crippen molar-refractivity contribution in [3.8, 4) is 0 Å². The van der Waals surface area contributed by atoms with Crippen LogP contribution >= 0.6 is 11.8 Å². The Morgan fingerprint density at radius 2 is 2.00 bits per heavy atom. The third-order valence-corrected chi connectivity index (χ3v) is 4.41. The molecule has 0 amide bonds. The summed E-state index contributed by atoms with van der Waals surface area (Å²) in [7, 11) is 0. The van der Waals surface area contributed by atoms with E-state index < -0.39 is 0 Å². The molecule has 6 heteroatoms. The highest BCUT2D eigenvalue weighted by molar-refractivity contribution is 7.98. The van der Waals surface area contributed by atoms with Crippen LogP contribution in [0.2, 0.25) is 0 Å². The van der Waals surface area contributed by atoms with Gasteiger partial charge in [-0.2, -0.15) is 0 Å². The number of aryl methyl sites for hydroxylation is 1. The number of thioether (sulfide) groups is 1. The molecule has 0 radical (unpaired) electrons. The number of benzene rings is 1. The lowest BCUT2D eigenvalue weighted by Crippen LogP contribution is -2.11. The molecule has 0 spiro atoms. The molecule has 2 aromatic rings. The maximum absolute atomic E-state index is 11.8. The van der Waals surface area contributed by atoms with Gasteiger partial charge in [-0.15, -0.1) is 0 Å². The van der Waals surface area contributed by atoms with Crippen molar-refractivity contribution in [1.82, 2.24) is 9.97 Å². The largest absolute Gasteiger partial charge is 0.459 e. The molecule has 1 N–H and O–H groups in total. The van der Waals surface area contributed by atoms with Gasteiger partial charge < -0.3 is 9.72 Å². The van der Waals surface area contributed by atoms with E-state index in [-0.39, 0.29) is 17.6 Å². The molecule has 0 aliphatic carbocycles. The van der Waals surface area contributed by atoms with Gasteiger partial charge in [0.1, 0.15) is 0 Å². The summed E-state index contributed by atoms with van der Waals surface area (Å²) in [6, 6.07) is 8.86. The van der Waals surface area contributed by atoms with Gasteiger partial charge in [0.2, 0.25) is 0 Å². The van der Waals surface area contributed by atoms with Crippen LogP contribution in [-0.2, 0) is 16.9 Å². The van der Waals surface area contributed by atoms with Crippen LogP contribution in [-0.4, -0.2) is 22.0 Å². The number of ether oxygens (including phenoxy) is 1. The molecule has 5 nitrogen and oxygen atoms in total. The zero-order valence-corrected chi connectivity index (χ0v) is 15.7. The van der Waals surface area contributed by atoms with Crippen molar-refractivity contribution in [1.29, 1.82) is 0 Å². The van der Waals surface area contributed by atoms with E-state index in [1.165, 1.54) is 11.8 Å². The summed E-state index contributed by atoms with van der Waals surface area (Å²) in [6.45, 7) is 5.76. The number of aromatic nitrogens is 2. The van der Waals surface area contributed by atoms with Gasteiger partial charge in [-0.25, -0.2) is 9.78 Å². The molecule has 1 aromatic carbocycles. The second-order valence-electron chi connectivity index (χ2n) is 6.09. The predicted octanol–water partition coefficient (Wildman–Crippen LogP) is 3.97. The molecule has 0 saturated carbocycles. The average molecular weight is 360 g/mol. The van der Waals surface area contributed by atoms with Gasteiger partial charge in [0.25, 0.3) is 5.56 Å². The SMILES string of the molecule is CCCCc1cc(=O)[nH]c(SCc2ccc(C(=O)OC(C)C)cc2)n1. The molecule has 134 valence electrons. The molecule has 0 bridgehead atoms. The third kappa shape index (κ3) is 6.38. The van der Waals surface area contributed by atoms with E-state index in [4.69, 9.17) is 4.74 Å². The number of H-pyrrole nitrogens is 1. The molecule has 1 aromatic heterocycles. The van der Waals surface area contributed by atoms with Gasteiger partial charge in [0.15, 0.2) is 5.16 Å². The van der Waals surface area contributed by atoms with E-state index in [0.29, 0.717) is 16.5 Å². The van der Waals surface area contributed by atoms with Crippen molar-refractivity contribution in [3.05, 3.63) is 57.5 Å². The Kier molecular flexibility index (Phi) is 7.25. The number of hydrogen-bond acceptors (Lipinski definition) is 5. The lowest BCUT2D eigenvalue weighted by atomic mass is 10.1. The molecule has 0 unspecified atom stereocenters. The average Bonchev–Trinajstić information content (AvgIpc) is 2.57. The van der Waals surface area contributed by atoms with E-state index in [1.54, 1.807) is 18.2 Å². The van der Waals surface area contributed by atoms with Gasteiger partial charge in [-0.05, 0) is 44.4 Å². The summed E-state index contributed by atoms with van der Waals surface area (Å²) in [5.74, 6) is 0.350. The van der Waals surface area contributed by atoms with Crippen LogP contribution in [0.1, 0.15) is 55.2 Å². The highest BCUT2D eigenvalue weighted by atomic mass is 32.2. The number of aromatic amines is 1. The first-order valence-electron chi connectivity index (χ1n) is 8.51. The fourth-order valence-corrected chi connectivity index (χ4v) is 3.06. The van der Waals surface area contributed by atoms with Crippen LogP contribution in [0.5, 0.6) is 0 Å². The number of hydrogen-bond donors (Lipinski definition) is 1. The normalized spacial score (nSPS) is 10.9. The molecule has 0 aliphatic rings. The Morgan fingerprint density at radius 3 is 2.64 bits per heavy atom. The van der Waals surface area contributed by atoms with Crippen LogP contribution in [0.3, 0.4) is 0 Å². The monoisotopic (exact) mass is 360 g/mol. The van der Waals surface area contributed by atoms with Crippen molar-refractivity contribution in [2.45, 2.75) is 57.0 Å². The number of esters is 1. The van der Waals surface area contributed by atoms with Gasteiger partial charge in [0.05, 0.1) is 11.7 Å². The molecule has 2 rings (SSSR count). The molecule has 0 atom stereocenters.